The first kappa shape index (κ1) is 63.6. The van der Waals surface area contributed by atoms with E-state index < -0.39 is 10.2 Å². The van der Waals surface area contributed by atoms with Crippen molar-refractivity contribution < 1.29 is 74.4 Å². The maximum absolute atomic E-state index is 8.49. The highest BCUT2D eigenvalue weighted by molar-refractivity contribution is 8.06. The Morgan fingerprint density at radius 1 is 0.730 bits per heavy atom. The summed E-state index contributed by atoms with van der Waals surface area (Å²) in [5.74, 6) is 0. The van der Waals surface area contributed by atoms with Gasteiger partial charge in [-0.15, -0.1) is 10.2 Å². The molecule has 0 saturated carbocycles. The molecule has 0 unspecified atom stereocenters. The van der Waals surface area contributed by atoms with Gasteiger partial charge in [-0.1, -0.05) is 140 Å². The SMILES string of the molecule is CC1=C(C)N(C)/C(=C/C=C/c2sc(C)c(C)[n+]2C)S1.CCN=C1C=CC(=C/C=C/c2ccc(CNC)cc2)C=C1.CN1C(=CC=CC2=[N+](C)c3ccccc3C2(C)C)C(C)(C)c2ccccc21.[Cl-].[I-].[O-][Cl+3]([O-])([O-])[O-]. The highest BCUT2D eigenvalue weighted by Gasteiger charge is 2.43. The van der Waals surface area contributed by atoms with Crippen LogP contribution in [0.4, 0.5) is 11.4 Å². The molecule has 1 N–H and O–H groups in total. The van der Waals surface area contributed by atoms with E-state index in [-0.39, 0.29) is 47.2 Å². The van der Waals surface area contributed by atoms with Crippen molar-refractivity contribution in [2.45, 2.75) is 79.7 Å². The molecule has 4 heterocycles. The molecule has 0 radical (unpaired) electrons. The third kappa shape index (κ3) is 16.7. The number of thioether (sulfide) groups is 1. The number of hydrogen-bond acceptors (Lipinski definition) is 10. The largest absolute Gasteiger partial charge is 1.00 e. The summed E-state index contributed by atoms with van der Waals surface area (Å²) in [5.41, 5.74) is 15.5. The van der Waals surface area contributed by atoms with Gasteiger partial charge in [0.05, 0.1) is 21.0 Å². The number of likely N-dealkylation sites (N-methyl/N-ethyl adjacent to an activating group) is 1. The fourth-order valence-corrected chi connectivity index (χ4v) is 10.9. The van der Waals surface area contributed by atoms with Gasteiger partial charge >= 0.3 is 0 Å². The highest BCUT2D eigenvalue weighted by atomic mass is 127. The molecule has 1 aliphatic carbocycles. The Balaban J connectivity index is 0.000000280. The molecule has 15 heteroatoms. The van der Waals surface area contributed by atoms with Gasteiger partial charge in [0, 0.05) is 85.3 Å². The van der Waals surface area contributed by atoms with Gasteiger partial charge < -0.3 is 51.5 Å². The van der Waals surface area contributed by atoms with Crippen molar-refractivity contribution in [3.8, 4) is 0 Å². The Kier molecular flexibility index (Phi) is 24.5. The summed E-state index contributed by atoms with van der Waals surface area (Å²) in [6.45, 7) is 21.7. The van der Waals surface area contributed by atoms with E-state index >= 15 is 0 Å². The zero-order valence-corrected chi connectivity index (χ0v) is 50.5. The maximum atomic E-state index is 8.49. The molecule has 3 aromatic carbocycles. The molecule has 0 atom stereocenters. The fourth-order valence-electron chi connectivity index (χ4n) is 8.83. The highest BCUT2D eigenvalue weighted by Crippen LogP contribution is 2.47. The number of aromatic nitrogens is 1. The van der Waals surface area contributed by atoms with Crippen molar-refractivity contribution in [2.24, 2.45) is 12.0 Å². The Labute approximate surface area is 474 Å². The molecule has 1 aromatic heterocycles. The molecular formula is C59H72Cl2IN6O4S2-. The van der Waals surface area contributed by atoms with E-state index in [2.05, 4.69) is 265 Å². The fraction of sp³-hybridized carbons (Fsp3) is 0.305. The number of allylic oxidation sites excluding steroid dienone is 15. The second-order valence-electron chi connectivity index (χ2n) is 18.7. The Bertz CT molecular complexity index is 2910. The lowest BCUT2D eigenvalue weighted by atomic mass is 9.81. The number of fused-ring (bicyclic) bond motifs is 2. The zero-order valence-electron chi connectivity index (χ0n) is 45.2. The second-order valence-corrected chi connectivity index (χ2v) is 22.0. The van der Waals surface area contributed by atoms with Gasteiger partial charge in [-0.3, -0.25) is 4.99 Å². The first-order chi connectivity index (χ1) is 34.0. The summed E-state index contributed by atoms with van der Waals surface area (Å²) < 4.78 is 38.5. The number of hydrogen-bond donors (Lipinski definition) is 1. The quantitative estimate of drug-likeness (QED) is 0.200. The predicted molar refractivity (Wildman–Crippen MR) is 294 cm³/mol. The minimum Gasteiger partial charge on any atom is -1.00 e. The number of halogens is 3. The summed E-state index contributed by atoms with van der Waals surface area (Å²) in [6.07, 6.45) is 27.9. The molecule has 396 valence electrons. The van der Waals surface area contributed by atoms with Gasteiger partial charge in [0.15, 0.2) is 11.4 Å². The molecule has 3 aliphatic heterocycles. The number of rotatable bonds is 9. The second kappa shape index (κ2) is 28.5. The molecule has 4 aromatic rings. The summed E-state index contributed by atoms with van der Waals surface area (Å²) in [4.78, 5) is 11.7. The van der Waals surface area contributed by atoms with Crippen molar-refractivity contribution in [1.29, 1.82) is 0 Å². The third-order valence-corrected chi connectivity index (χ3v) is 15.7. The first-order valence-electron chi connectivity index (χ1n) is 24.0. The smallest absolute Gasteiger partial charge is 0.261 e. The van der Waals surface area contributed by atoms with E-state index in [1.807, 2.05) is 37.1 Å². The lowest BCUT2D eigenvalue weighted by Crippen LogP contribution is -3.00. The number of aryl methyl sites for hydroxylation is 1. The molecule has 0 fully saturated rings. The van der Waals surface area contributed by atoms with Crippen LogP contribution in [-0.2, 0) is 24.4 Å². The van der Waals surface area contributed by atoms with Crippen LogP contribution in [0.25, 0.3) is 12.2 Å². The molecule has 0 bridgehead atoms. The molecule has 4 aliphatic rings. The van der Waals surface area contributed by atoms with Gasteiger partial charge in [-0.2, -0.15) is 9.14 Å². The lowest BCUT2D eigenvalue weighted by molar-refractivity contribution is -2.00. The molecule has 0 amide bonds. The minimum absolute atomic E-state index is 0. The molecule has 10 nitrogen and oxygen atoms in total. The van der Waals surface area contributed by atoms with Crippen LogP contribution < -0.4 is 69.8 Å². The Morgan fingerprint density at radius 3 is 1.85 bits per heavy atom. The average molecular weight is 1190 g/mol. The Hall–Kier alpha value is -4.65. The number of benzene rings is 3. The van der Waals surface area contributed by atoms with Crippen LogP contribution >= 0.6 is 23.1 Å². The van der Waals surface area contributed by atoms with Gasteiger partial charge in [0.1, 0.15) is 14.1 Å². The summed E-state index contributed by atoms with van der Waals surface area (Å²) in [7, 11) is 5.60. The normalized spacial score (nSPS) is 17.3. The van der Waals surface area contributed by atoms with E-state index in [0.717, 1.165) is 18.8 Å². The van der Waals surface area contributed by atoms with Crippen molar-refractivity contribution in [2.75, 3.05) is 39.6 Å². The van der Waals surface area contributed by atoms with Crippen LogP contribution in [0.2, 0.25) is 0 Å². The maximum Gasteiger partial charge on any atom is 0.261 e. The van der Waals surface area contributed by atoms with Gasteiger partial charge in [-0.05, 0) is 101 Å². The average Bonchev–Trinajstić information content (AvgIpc) is 3.89. The monoisotopic (exact) mass is 1190 g/mol. The number of nitrogens with zero attached hydrogens (tertiary/aromatic N) is 5. The molecule has 0 saturated heterocycles. The Morgan fingerprint density at radius 2 is 1.31 bits per heavy atom. The number of nitrogens with one attached hydrogen (secondary N) is 1. The summed E-state index contributed by atoms with van der Waals surface area (Å²) >= 11 is 3.68. The zero-order chi connectivity index (χ0) is 53.0. The van der Waals surface area contributed by atoms with E-state index in [0.29, 0.717) is 0 Å². The molecule has 74 heavy (non-hydrogen) atoms. The minimum atomic E-state index is -4.94. The number of thiazole rings is 1. The van der Waals surface area contributed by atoms with Gasteiger partial charge in [0.2, 0.25) is 5.69 Å². The molecule has 8 rings (SSSR count). The van der Waals surface area contributed by atoms with Crippen molar-refractivity contribution in [3.63, 3.8) is 0 Å². The van der Waals surface area contributed by atoms with Gasteiger partial charge in [0.25, 0.3) is 5.01 Å². The van der Waals surface area contributed by atoms with E-state index in [9.17, 15) is 0 Å². The van der Waals surface area contributed by atoms with Crippen LogP contribution in [0.15, 0.2) is 172 Å². The number of para-hydroxylation sites is 2. The van der Waals surface area contributed by atoms with Crippen LogP contribution in [0, 0.1) is 24.1 Å². The van der Waals surface area contributed by atoms with Crippen LogP contribution in [0.3, 0.4) is 0 Å². The predicted octanol–water partition coefficient (Wildman–Crippen LogP) is 2.72. The topological polar surface area (TPSA) is 130 Å². The third-order valence-electron chi connectivity index (χ3n) is 13.2. The van der Waals surface area contributed by atoms with Crippen molar-refractivity contribution >= 4 is 58.0 Å². The van der Waals surface area contributed by atoms with Crippen LogP contribution in [-0.4, -0.2) is 55.6 Å². The van der Waals surface area contributed by atoms with E-state index in [1.54, 1.807) is 0 Å². The van der Waals surface area contributed by atoms with E-state index in [4.69, 9.17) is 18.6 Å². The van der Waals surface area contributed by atoms with E-state index in [1.165, 1.54) is 81.8 Å². The standard InChI is InChI=1S/C25H29N2.C19H22N2.C15H21N2S2.ClHO4.ClH.HI/c1-24(2)18-12-7-9-14-20(18)26(5)22(24)16-11-17-23-25(3,4)19-13-8-10-15-21(19)27(23)6;1-3-21-19-13-11-17(12-14-19)6-4-5-16-7-9-18(10-8-16)15-20-2;1-10-12(3)18-14(16(10)5)8-7-9-15-17(6)11(2)13(4)19-15;2-1(3,4)5;;/h7-17H,1-6H3;4-14,20H,3,15H2,1-2H3;7-9H,1-6H3;(H,2,3,4,5);2*1H/q+1;;+1;;;/p-3/b;5-4+,17-6?,21-19?;;;;. The summed E-state index contributed by atoms with van der Waals surface area (Å²) in [6, 6.07) is 26.0. The number of anilines is 1. The van der Waals surface area contributed by atoms with Crippen molar-refractivity contribution in [1.82, 2.24) is 10.2 Å². The summed E-state index contributed by atoms with van der Waals surface area (Å²) in [5, 5.41) is 5.73. The van der Waals surface area contributed by atoms with Gasteiger partial charge in [-0.25, -0.2) is 18.6 Å². The van der Waals surface area contributed by atoms with Crippen LogP contribution in [0.1, 0.15) is 86.3 Å². The first-order valence-corrected chi connectivity index (χ1v) is 26.9. The van der Waals surface area contributed by atoms with Crippen LogP contribution in [0.5, 0.6) is 0 Å². The van der Waals surface area contributed by atoms with Crippen molar-refractivity contribution in [3.05, 3.63) is 204 Å². The molecular weight excluding hydrogens is 1120 g/mol. The lowest BCUT2D eigenvalue weighted by Gasteiger charge is -2.23. The molecule has 0 spiro atoms. The number of aliphatic imine (C=N–C) groups is 1.